The molecule has 0 N–H and O–H groups in total. The smallest absolute Gasteiger partial charge is 0.263 e. The van der Waals surface area contributed by atoms with Crippen molar-refractivity contribution in [1.82, 2.24) is 19.9 Å². The highest BCUT2D eigenvalue weighted by atomic mass is 32.1. The van der Waals surface area contributed by atoms with E-state index in [1.165, 1.54) is 11.3 Å². The average Bonchev–Trinajstić information content (AvgIpc) is 3.35. The number of likely N-dealkylation sites (tertiary alicyclic amines) is 1. The van der Waals surface area contributed by atoms with Crippen molar-refractivity contribution in [2.24, 2.45) is 0 Å². The fraction of sp³-hybridized carbons (Fsp3) is 0.556. The molecular weight excluding hydrogens is 352 g/mol. The SMILES string of the molecule is CC(=O)N(CCc1noc(C(C)C)n1)[C@H]1CCN(C(=O)c2cccs2)C1. The molecule has 1 fully saturated rings. The molecule has 1 atom stereocenters. The lowest BCUT2D eigenvalue weighted by Gasteiger charge is -2.27. The second kappa shape index (κ2) is 7.99. The summed E-state index contributed by atoms with van der Waals surface area (Å²) in [7, 11) is 0. The summed E-state index contributed by atoms with van der Waals surface area (Å²) in [6.45, 7) is 7.33. The summed E-state index contributed by atoms with van der Waals surface area (Å²) in [5.41, 5.74) is 0. The number of nitrogens with zero attached hydrogens (tertiary/aromatic N) is 4. The van der Waals surface area contributed by atoms with E-state index >= 15 is 0 Å². The lowest BCUT2D eigenvalue weighted by atomic mass is 10.2. The Hall–Kier alpha value is -2.22. The van der Waals surface area contributed by atoms with Crippen molar-refractivity contribution in [2.75, 3.05) is 19.6 Å². The Labute approximate surface area is 157 Å². The van der Waals surface area contributed by atoms with Crippen molar-refractivity contribution in [1.29, 1.82) is 0 Å². The van der Waals surface area contributed by atoms with Crippen molar-refractivity contribution < 1.29 is 14.1 Å². The number of hydrogen-bond acceptors (Lipinski definition) is 6. The third-order valence-electron chi connectivity index (χ3n) is 4.58. The van der Waals surface area contributed by atoms with Crippen molar-refractivity contribution in [3.8, 4) is 0 Å². The van der Waals surface area contributed by atoms with Crippen LogP contribution in [0.2, 0.25) is 0 Å². The predicted molar refractivity (Wildman–Crippen MR) is 98.1 cm³/mol. The van der Waals surface area contributed by atoms with Crippen LogP contribution in [-0.4, -0.2) is 57.4 Å². The Morgan fingerprint density at radius 2 is 2.27 bits per heavy atom. The number of rotatable bonds is 6. The normalized spacial score (nSPS) is 17.1. The van der Waals surface area contributed by atoms with Crippen LogP contribution in [-0.2, 0) is 11.2 Å². The highest BCUT2D eigenvalue weighted by molar-refractivity contribution is 7.12. The number of hydrogen-bond donors (Lipinski definition) is 0. The lowest BCUT2D eigenvalue weighted by molar-refractivity contribution is -0.130. The van der Waals surface area contributed by atoms with Crippen molar-refractivity contribution in [2.45, 2.75) is 45.6 Å². The van der Waals surface area contributed by atoms with E-state index in [0.717, 1.165) is 11.3 Å². The van der Waals surface area contributed by atoms with Crippen LogP contribution in [0.5, 0.6) is 0 Å². The van der Waals surface area contributed by atoms with Crippen LogP contribution in [0.1, 0.15) is 54.5 Å². The molecule has 0 aliphatic carbocycles. The standard InChI is InChI=1S/C18H24N4O3S/c1-12(2)17-19-16(20-25-17)7-9-22(13(3)23)14-6-8-21(11-14)18(24)15-5-4-10-26-15/h4-5,10,12,14H,6-9,11H2,1-3H3/t14-/m0/s1. The minimum absolute atomic E-state index is 0.00741. The zero-order valence-electron chi connectivity index (χ0n) is 15.3. The summed E-state index contributed by atoms with van der Waals surface area (Å²) in [5, 5.41) is 5.89. The molecular formula is C18H24N4O3S. The molecule has 3 rings (SSSR count). The highest BCUT2D eigenvalue weighted by Gasteiger charge is 2.32. The molecule has 0 radical (unpaired) electrons. The molecule has 1 saturated heterocycles. The molecule has 0 saturated carbocycles. The predicted octanol–water partition coefficient (Wildman–Crippen LogP) is 2.56. The molecule has 3 heterocycles. The van der Waals surface area contributed by atoms with E-state index in [0.29, 0.717) is 37.8 Å². The maximum atomic E-state index is 12.5. The minimum Gasteiger partial charge on any atom is -0.339 e. The van der Waals surface area contributed by atoms with Gasteiger partial charge in [0.15, 0.2) is 5.82 Å². The molecule has 0 spiro atoms. The fourth-order valence-corrected chi connectivity index (χ4v) is 3.85. The first-order valence-corrected chi connectivity index (χ1v) is 9.76. The number of amides is 2. The second-order valence-electron chi connectivity index (χ2n) is 6.84. The molecule has 0 bridgehead atoms. The lowest BCUT2D eigenvalue weighted by Crippen LogP contribution is -2.42. The summed E-state index contributed by atoms with van der Waals surface area (Å²) in [6.07, 6.45) is 1.34. The summed E-state index contributed by atoms with van der Waals surface area (Å²) < 4.78 is 5.22. The monoisotopic (exact) mass is 376 g/mol. The van der Waals surface area contributed by atoms with Gasteiger partial charge in [-0.15, -0.1) is 11.3 Å². The van der Waals surface area contributed by atoms with Gasteiger partial charge >= 0.3 is 0 Å². The zero-order valence-corrected chi connectivity index (χ0v) is 16.2. The number of thiophene rings is 1. The molecule has 2 aromatic rings. The van der Waals surface area contributed by atoms with Crippen LogP contribution in [0, 0.1) is 0 Å². The number of carbonyl (C=O) groups excluding carboxylic acids is 2. The molecule has 8 heteroatoms. The number of aromatic nitrogens is 2. The minimum atomic E-state index is 0.00741. The largest absolute Gasteiger partial charge is 0.339 e. The molecule has 0 unspecified atom stereocenters. The molecule has 2 aromatic heterocycles. The Balaban J connectivity index is 1.59. The van der Waals surface area contributed by atoms with Crippen LogP contribution in [0.15, 0.2) is 22.0 Å². The summed E-state index contributed by atoms with van der Waals surface area (Å²) in [6, 6.07) is 3.75. The quantitative estimate of drug-likeness (QED) is 0.774. The third kappa shape index (κ3) is 4.12. The third-order valence-corrected chi connectivity index (χ3v) is 5.44. The van der Waals surface area contributed by atoms with E-state index in [-0.39, 0.29) is 23.8 Å². The van der Waals surface area contributed by atoms with Gasteiger partial charge in [-0.3, -0.25) is 9.59 Å². The molecule has 7 nitrogen and oxygen atoms in total. The fourth-order valence-electron chi connectivity index (χ4n) is 3.16. The second-order valence-corrected chi connectivity index (χ2v) is 7.78. The molecule has 1 aliphatic heterocycles. The van der Waals surface area contributed by atoms with Gasteiger partial charge in [-0.2, -0.15) is 4.98 Å². The van der Waals surface area contributed by atoms with E-state index in [2.05, 4.69) is 10.1 Å². The zero-order chi connectivity index (χ0) is 18.7. The Morgan fingerprint density at radius 1 is 1.46 bits per heavy atom. The van der Waals surface area contributed by atoms with Gasteiger partial charge in [0.25, 0.3) is 5.91 Å². The number of carbonyl (C=O) groups is 2. The molecule has 26 heavy (non-hydrogen) atoms. The summed E-state index contributed by atoms with van der Waals surface area (Å²) >= 11 is 1.45. The van der Waals surface area contributed by atoms with Crippen molar-refractivity contribution in [3.05, 3.63) is 34.1 Å². The maximum absolute atomic E-state index is 12.5. The van der Waals surface area contributed by atoms with Crippen LogP contribution < -0.4 is 0 Å². The van der Waals surface area contributed by atoms with E-state index in [9.17, 15) is 9.59 Å². The molecule has 0 aromatic carbocycles. The maximum Gasteiger partial charge on any atom is 0.263 e. The highest BCUT2D eigenvalue weighted by Crippen LogP contribution is 2.21. The van der Waals surface area contributed by atoms with Crippen LogP contribution in [0.3, 0.4) is 0 Å². The molecule has 2 amide bonds. The Kier molecular flexibility index (Phi) is 5.70. The average molecular weight is 376 g/mol. The first-order chi connectivity index (χ1) is 12.5. The molecule has 1 aliphatic rings. The van der Waals surface area contributed by atoms with Crippen molar-refractivity contribution >= 4 is 23.2 Å². The van der Waals surface area contributed by atoms with E-state index < -0.39 is 0 Å². The Morgan fingerprint density at radius 3 is 2.88 bits per heavy atom. The van der Waals surface area contributed by atoms with Crippen LogP contribution in [0.4, 0.5) is 0 Å². The Bertz CT molecular complexity index is 756. The van der Waals surface area contributed by atoms with Gasteiger partial charge in [-0.1, -0.05) is 25.1 Å². The first-order valence-electron chi connectivity index (χ1n) is 8.88. The van der Waals surface area contributed by atoms with Crippen LogP contribution >= 0.6 is 11.3 Å². The van der Waals surface area contributed by atoms with Crippen molar-refractivity contribution in [3.63, 3.8) is 0 Å². The van der Waals surface area contributed by atoms with Gasteiger partial charge in [0, 0.05) is 38.9 Å². The van der Waals surface area contributed by atoms with Gasteiger partial charge in [0.05, 0.1) is 10.9 Å². The van der Waals surface area contributed by atoms with Crippen LogP contribution in [0.25, 0.3) is 0 Å². The summed E-state index contributed by atoms with van der Waals surface area (Å²) in [4.78, 5) is 33.4. The van der Waals surface area contributed by atoms with Gasteiger partial charge in [0.1, 0.15) is 0 Å². The van der Waals surface area contributed by atoms with E-state index in [1.54, 1.807) is 6.92 Å². The first kappa shape index (κ1) is 18.6. The van der Waals surface area contributed by atoms with Gasteiger partial charge in [-0.25, -0.2) is 0 Å². The molecule has 140 valence electrons. The van der Waals surface area contributed by atoms with Gasteiger partial charge < -0.3 is 14.3 Å². The van der Waals surface area contributed by atoms with Gasteiger partial charge in [0.2, 0.25) is 11.8 Å². The summed E-state index contributed by atoms with van der Waals surface area (Å²) in [5.74, 6) is 1.47. The van der Waals surface area contributed by atoms with E-state index in [1.807, 2.05) is 41.2 Å². The van der Waals surface area contributed by atoms with E-state index in [4.69, 9.17) is 4.52 Å². The van der Waals surface area contributed by atoms with Gasteiger partial charge in [-0.05, 0) is 17.9 Å². The topological polar surface area (TPSA) is 79.5 Å².